The van der Waals surface area contributed by atoms with Gasteiger partial charge in [0.05, 0.1) is 15.9 Å². The summed E-state index contributed by atoms with van der Waals surface area (Å²) in [4.78, 5) is 33.3. The summed E-state index contributed by atoms with van der Waals surface area (Å²) < 4.78 is 25.7. The molecule has 1 atom stereocenters. The van der Waals surface area contributed by atoms with Crippen molar-refractivity contribution < 1.29 is 18.3 Å². The largest absolute Gasteiger partial charge is 0.382 e. The second kappa shape index (κ2) is 10.5. The van der Waals surface area contributed by atoms with Crippen LogP contribution in [0, 0.1) is 6.92 Å². The number of benzene rings is 3. The summed E-state index contributed by atoms with van der Waals surface area (Å²) in [5.41, 5.74) is 1.00. The number of nitrogens with zero attached hydrogens (tertiary/aromatic N) is 2. The molecule has 0 fully saturated rings. The highest BCUT2D eigenvalue weighted by Crippen LogP contribution is 2.22. The Bertz CT molecular complexity index is 1670. The number of amides is 1. The molecule has 0 aliphatic rings. The molecule has 4 N–H and O–H groups in total. The Morgan fingerprint density at radius 3 is 2.41 bits per heavy atom. The number of carbonyl (C=O) groups is 1. The lowest BCUT2D eigenvalue weighted by Crippen LogP contribution is -2.29. The first kappa shape index (κ1) is 26.0. The van der Waals surface area contributed by atoms with Crippen LogP contribution in [-0.4, -0.2) is 35.1 Å². The van der Waals surface area contributed by atoms with Crippen molar-refractivity contribution in [2.24, 2.45) is 5.10 Å². The molecule has 1 amide bonds. The van der Waals surface area contributed by atoms with Gasteiger partial charge in [0.1, 0.15) is 11.8 Å². The van der Waals surface area contributed by atoms with Gasteiger partial charge in [-0.1, -0.05) is 41.4 Å². The lowest BCUT2D eigenvalue weighted by molar-refractivity contribution is -0.114. The lowest BCUT2D eigenvalue weighted by Gasteiger charge is -2.15. The number of hydrogen-bond donors (Lipinski definition) is 4. The zero-order valence-corrected chi connectivity index (χ0v) is 21.3. The Balaban J connectivity index is 1.80. The number of H-pyrrole nitrogens is 1. The van der Waals surface area contributed by atoms with E-state index < -0.39 is 21.7 Å². The van der Waals surface area contributed by atoms with Crippen LogP contribution in [0.2, 0.25) is 5.02 Å². The maximum Gasteiger partial charge on any atom is 0.276 e. The second-order valence-corrected chi connectivity index (χ2v) is 10.3. The maximum atomic E-state index is 13.0. The third-order valence-electron chi connectivity index (χ3n) is 5.32. The van der Waals surface area contributed by atoms with Crippen molar-refractivity contribution in [1.82, 2.24) is 14.8 Å². The number of sulfonamides is 1. The van der Waals surface area contributed by atoms with Crippen LogP contribution in [0.3, 0.4) is 0 Å². The summed E-state index contributed by atoms with van der Waals surface area (Å²) in [6.45, 7) is 3.18. The van der Waals surface area contributed by atoms with E-state index in [0.29, 0.717) is 21.7 Å². The van der Waals surface area contributed by atoms with E-state index in [0.717, 1.165) is 5.56 Å². The third-order valence-corrected chi connectivity index (χ3v) is 6.78. The number of carbonyl (C=O) groups excluding carboxylic acids is 1. The number of hydrazone groups is 1. The molecule has 4 aromatic rings. The fourth-order valence-electron chi connectivity index (χ4n) is 3.47. The number of aromatic amines is 1. The van der Waals surface area contributed by atoms with Gasteiger partial charge in [-0.05, 0) is 55.0 Å². The summed E-state index contributed by atoms with van der Waals surface area (Å²) in [6, 6.07) is 16.9. The van der Waals surface area contributed by atoms with Crippen molar-refractivity contribution in [3.05, 3.63) is 98.9 Å². The minimum absolute atomic E-state index is 0.0506. The first-order valence-electron chi connectivity index (χ1n) is 10.9. The van der Waals surface area contributed by atoms with Crippen LogP contribution >= 0.6 is 11.6 Å². The molecule has 0 saturated carbocycles. The van der Waals surface area contributed by atoms with Crippen molar-refractivity contribution in [1.29, 1.82) is 0 Å². The molecule has 4 rings (SSSR count). The molecular weight excluding hydrogens is 518 g/mol. The first-order chi connectivity index (χ1) is 17.5. The van der Waals surface area contributed by atoms with Crippen LogP contribution in [0.25, 0.3) is 11.0 Å². The smallest absolute Gasteiger partial charge is 0.276 e. The molecule has 190 valence electrons. The Hall–Kier alpha value is -4.06. The lowest BCUT2D eigenvalue weighted by atomic mass is 10.0. The molecule has 12 heteroatoms. The van der Waals surface area contributed by atoms with E-state index >= 15 is 0 Å². The van der Waals surface area contributed by atoms with Gasteiger partial charge in [-0.25, -0.2) is 4.98 Å². The van der Waals surface area contributed by atoms with E-state index in [4.69, 9.17) is 11.6 Å². The van der Waals surface area contributed by atoms with Crippen LogP contribution in [0.1, 0.15) is 29.8 Å². The van der Waals surface area contributed by atoms with Gasteiger partial charge in [0.2, 0.25) is 5.91 Å². The normalized spacial score (nSPS) is 12.8. The van der Waals surface area contributed by atoms with Gasteiger partial charge in [-0.3, -0.25) is 9.59 Å². The quantitative estimate of drug-likeness (QED) is 0.209. The molecule has 37 heavy (non-hydrogen) atoms. The average Bonchev–Trinajstić information content (AvgIpc) is 2.84. The maximum absolute atomic E-state index is 13.0. The van der Waals surface area contributed by atoms with Crippen LogP contribution < -0.4 is 15.7 Å². The second-order valence-electron chi connectivity index (χ2n) is 8.19. The molecule has 0 aliphatic heterocycles. The Kier molecular flexibility index (Phi) is 7.39. The Morgan fingerprint density at radius 1 is 1.08 bits per heavy atom. The van der Waals surface area contributed by atoms with Crippen molar-refractivity contribution in [3.63, 3.8) is 0 Å². The molecule has 0 radical (unpaired) electrons. The molecular formula is C25H22ClN5O5S. The van der Waals surface area contributed by atoms with Crippen LogP contribution in [0.15, 0.2) is 81.5 Å². The molecule has 0 bridgehead atoms. The highest BCUT2D eigenvalue weighted by atomic mass is 35.5. The number of aliphatic hydroxyl groups is 1. The number of rotatable bonds is 7. The van der Waals surface area contributed by atoms with Crippen molar-refractivity contribution in [2.75, 3.05) is 5.32 Å². The van der Waals surface area contributed by atoms with Gasteiger partial charge in [0.25, 0.3) is 15.6 Å². The van der Waals surface area contributed by atoms with E-state index in [1.54, 1.807) is 36.4 Å². The third kappa shape index (κ3) is 6.02. The number of aromatic nitrogens is 2. The number of fused-ring (bicyclic) bond motifs is 1. The van der Waals surface area contributed by atoms with Gasteiger partial charge in [0.15, 0.2) is 5.69 Å². The predicted octanol–water partition coefficient (Wildman–Crippen LogP) is 3.26. The number of hydrogen-bond acceptors (Lipinski definition) is 7. The summed E-state index contributed by atoms with van der Waals surface area (Å²) in [6.07, 6.45) is -1.55. The van der Waals surface area contributed by atoms with E-state index in [2.05, 4.69) is 25.2 Å². The van der Waals surface area contributed by atoms with Gasteiger partial charge in [0, 0.05) is 17.6 Å². The van der Waals surface area contributed by atoms with Gasteiger partial charge < -0.3 is 15.4 Å². The fourth-order valence-corrected chi connectivity index (χ4v) is 4.46. The summed E-state index contributed by atoms with van der Waals surface area (Å²) >= 11 is 6.00. The fraction of sp³-hybridized carbons (Fsp3) is 0.120. The van der Waals surface area contributed by atoms with Crippen LogP contribution in [0.5, 0.6) is 0 Å². The molecule has 0 spiro atoms. The highest BCUT2D eigenvalue weighted by Gasteiger charge is 2.24. The monoisotopic (exact) mass is 539 g/mol. The minimum atomic E-state index is -4.13. The zero-order chi connectivity index (χ0) is 26.7. The number of nitrogens with one attached hydrogen (secondary N) is 3. The van der Waals surface area contributed by atoms with E-state index in [-0.39, 0.29) is 27.8 Å². The van der Waals surface area contributed by atoms with E-state index in [1.165, 1.54) is 37.3 Å². The molecule has 1 heterocycles. The molecule has 3 aromatic carbocycles. The Morgan fingerprint density at radius 2 is 1.76 bits per heavy atom. The highest BCUT2D eigenvalue weighted by molar-refractivity contribution is 7.89. The molecule has 0 unspecified atom stereocenters. The molecule has 1 aromatic heterocycles. The molecule has 0 saturated heterocycles. The van der Waals surface area contributed by atoms with Crippen molar-refractivity contribution in [3.8, 4) is 0 Å². The standard InChI is InChI=1S/C25H22ClN5O5S/c1-14-3-10-19(11-4-14)37(35,36)31-30-22(24(33)16-5-8-18(9-6-16)27-15(2)32)23-25(34)29-21-13-17(26)7-12-20(21)28-23/h3-13,24,31,33H,1-2H3,(H,27,32)(H,29,34)/b30-22+/t24-/m0/s1. The minimum Gasteiger partial charge on any atom is -0.382 e. The SMILES string of the molecule is CC(=O)Nc1ccc([C@H](O)/C(=N/NS(=O)(=O)c2ccc(C)cc2)c2nc3ccc(Cl)cc3[nH]c2=O)cc1. The molecule has 0 aliphatic carbocycles. The average molecular weight is 540 g/mol. The molecule has 10 nitrogen and oxygen atoms in total. The van der Waals surface area contributed by atoms with Crippen LogP contribution in [0.4, 0.5) is 5.69 Å². The number of halogens is 1. The van der Waals surface area contributed by atoms with Crippen LogP contribution in [-0.2, 0) is 14.8 Å². The van der Waals surface area contributed by atoms with E-state index in [1.807, 2.05) is 6.92 Å². The number of anilines is 1. The summed E-state index contributed by atoms with van der Waals surface area (Å²) in [5.74, 6) is -0.270. The zero-order valence-electron chi connectivity index (χ0n) is 19.7. The summed E-state index contributed by atoms with van der Waals surface area (Å²) in [7, 11) is -4.13. The Labute approximate surface area is 217 Å². The van der Waals surface area contributed by atoms with Crippen molar-refractivity contribution >= 4 is 50.0 Å². The predicted molar refractivity (Wildman–Crippen MR) is 141 cm³/mol. The van der Waals surface area contributed by atoms with Gasteiger partial charge >= 0.3 is 0 Å². The van der Waals surface area contributed by atoms with Gasteiger partial charge in [-0.15, -0.1) is 0 Å². The van der Waals surface area contributed by atoms with E-state index in [9.17, 15) is 23.1 Å². The topological polar surface area (TPSA) is 154 Å². The summed E-state index contributed by atoms with van der Waals surface area (Å²) in [5, 5.41) is 18.1. The first-order valence-corrected chi connectivity index (χ1v) is 12.8. The number of aryl methyl sites for hydroxylation is 1. The van der Waals surface area contributed by atoms with Crippen molar-refractivity contribution in [2.45, 2.75) is 24.8 Å². The number of aliphatic hydroxyl groups excluding tert-OH is 1. The van der Waals surface area contributed by atoms with Gasteiger partial charge in [-0.2, -0.15) is 18.4 Å².